The van der Waals surface area contributed by atoms with Gasteiger partial charge in [0.05, 0.1) is 5.56 Å². The van der Waals surface area contributed by atoms with Gasteiger partial charge in [-0.2, -0.15) is 5.26 Å². The first kappa shape index (κ1) is 11.4. The molecule has 2 rings (SSSR count). The second-order valence-corrected chi connectivity index (χ2v) is 4.15. The summed E-state index contributed by atoms with van der Waals surface area (Å²) in [5, 5.41) is 18.2. The number of rotatable bonds is 1. The molecule has 0 aliphatic heterocycles. The van der Waals surface area contributed by atoms with Crippen molar-refractivity contribution < 1.29 is 9.90 Å². The quantitative estimate of drug-likeness (QED) is 0.713. The third kappa shape index (κ3) is 1.94. The summed E-state index contributed by atoms with van der Waals surface area (Å²) in [6.07, 6.45) is 4.38. The zero-order valence-corrected chi connectivity index (χ0v) is 9.36. The number of nitrogens with two attached hydrogens (primary N) is 1. The molecule has 0 aromatic carbocycles. The standard InChI is InChI=1S/C12H13N3O2/c13-6-8-10(12(16)17)7-4-2-1-3-5-9(7)15-11(8)14/h1-5H2,(H2,14,15)(H,16,17). The summed E-state index contributed by atoms with van der Waals surface area (Å²) in [4.78, 5) is 15.5. The molecular formula is C12H13N3O2. The maximum absolute atomic E-state index is 11.3. The SMILES string of the molecule is N#Cc1c(N)nc2c(c1C(=O)O)CCCCC2. The van der Waals surface area contributed by atoms with Crippen molar-refractivity contribution in [2.75, 3.05) is 5.73 Å². The predicted molar refractivity (Wildman–Crippen MR) is 61.6 cm³/mol. The summed E-state index contributed by atoms with van der Waals surface area (Å²) >= 11 is 0. The minimum absolute atomic E-state index is 0.00171. The van der Waals surface area contributed by atoms with E-state index in [1.54, 1.807) is 0 Å². The van der Waals surface area contributed by atoms with Crippen LogP contribution in [-0.2, 0) is 12.8 Å². The lowest BCUT2D eigenvalue weighted by Gasteiger charge is -2.11. The van der Waals surface area contributed by atoms with E-state index in [2.05, 4.69) is 4.98 Å². The summed E-state index contributed by atoms with van der Waals surface area (Å²) in [7, 11) is 0. The monoisotopic (exact) mass is 231 g/mol. The lowest BCUT2D eigenvalue weighted by atomic mass is 9.97. The van der Waals surface area contributed by atoms with Crippen LogP contribution in [0.5, 0.6) is 0 Å². The van der Waals surface area contributed by atoms with Crippen molar-refractivity contribution >= 4 is 11.8 Å². The predicted octanol–water partition coefficient (Wildman–Crippen LogP) is 1.50. The molecular weight excluding hydrogens is 218 g/mol. The third-order valence-corrected chi connectivity index (χ3v) is 3.08. The maximum atomic E-state index is 11.3. The highest BCUT2D eigenvalue weighted by Crippen LogP contribution is 2.27. The molecule has 3 N–H and O–H groups in total. The van der Waals surface area contributed by atoms with Gasteiger partial charge >= 0.3 is 5.97 Å². The van der Waals surface area contributed by atoms with Gasteiger partial charge in [0.1, 0.15) is 17.5 Å². The highest BCUT2D eigenvalue weighted by Gasteiger charge is 2.23. The van der Waals surface area contributed by atoms with Gasteiger partial charge in [-0.1, -0.05) is 6.42 Å². The van der Waals surface area contributed by atoms with Crippen molar-refractivity contribution in [1.82, 2.24) is 4.98 Å². The fraction of sp³-hybridized carbons (Fsp3) is 0.417. The number of hydrogen-bond donors (Lipinski definition) is 2. The Bertz CT molecular complexity index is 517. The molecule has 17 heavy (non-hydrogen) atoms. The lowest BCUT2D eigenvalue weighted by molar-refractivity contribution is 0.0695. The van der Waals surface area contributed by atoms with Crippen LogP contribution in [0.25, 0.3) is 0 Å². The number of carboxylic acids is 1. The topological polar surface area (TPSA) is 100 Å². The Morgan fingerprint density at radius 3 is 2.71 bits per heavy atom. The highest BCUT2D eigenvalue weighted by atomic mass is 16.4. The van der Waals surface area contributed by atoms with Crippen molar-refractivity contribution in [2.45, 2.75) is 32.1 Å². The second kappa shape index (κ2) is 4.42. The number of carbonyl (C=O) groups is 1. The average Bonchev–Trinajstić information content (AvgIpc) is 2.51. The number of fused-ring (bicyclic) bond motifs is 1. The third-order valence-electron chi connectivity index (χ3n) is 3.08. The van der Waals surface area contributed by atoms with Gasteiger partial charge in [-0.25, -0.2) is 9.78 Å². The fourth-order valence-electron chi connectivity index (χ4n) is 2.29. The minimum Gasteiger partial charge on any atom is -0.478 e. The summed E-state index contributed by atoms with van der Waals surface area (Å²) < 4.78 is 0. The molecule has 0 saturated heterocycles. The summed E-state index contributed by atoms with van der Waals surface area (Å²) in [5.41, 5.74) is 7.14. The van der Waals surface area contributed by atoms with Crippen molar-refractivity contribution in [2.24, 2.45) is 0 Å². The molecule has 1 aromatic rings. The molecule has 0 unspecified atom stereocenters. The van der Waals surface area contributed by atoms with Crippen LogP contribution >= 0.6 is 0 Å². The lowest BCUT2D eigenvalue weighted by Crippen LogP contribution is -2.13. The molecule has 1 aliphatic carbocycles. The van der Waals surface area contributed by atoms with Crippen LogP contribution in [0.3, 0.4) is 0 Å². The van der Waals surface area contributed by atoms with E-state index in [-0.39, 0.29) is 16.9 Å². The van der Waals surface area contributed by atoms with Crippen LogP contribution in [0.4, 0.5) is 5.82 Å². The maximum Gasteiger partial charge on any atom is 0.337 e. The first-order valence-electron chi connectivity index (χ1n) is 5.59. The van der Waals surface area contributed by atoms with E-state index in [9.17, 15) is 9.90 Å². The second-order valence-electron chi connectivity index (χ2n) is 4.15. The van der Waals surface area contributed by atoms with Gasteiger partial charge in [-0.15, -0.1) is 0 Å². The van der Waals surface area contributed by atoms with Crippen molar-refractivity contribution in [3.05, 3.63) is 22.4 Å². The van der Waals surface area contributed by atoms with E-state index in [0.29, 0.717) is 12.0 Å². The average molecular weight is 231 g/mol. The number of aryl methyl sites for hydroxylation is 1. The van der Waals surface area contributed by atoms with E-state index in [0.717, 1.165) is 31.4 Å². The number of nitriles is 1. The molecule has 0 fully saturated rings. The largest absolute Gasteiger partial charge is 0.478 e. The first-order chi connectivity index (χ1) is 8.15. The zero-order chi connectivity index (χ0) is 12.4. The Morgan fingerprint density at radius 2 is 2.06 bits per heavy atom. The van der Waals surface area contributed by atoms with E-state index in [4.69, 9.17) is 11.0 Å². The van der Waals surface area contributed by atoms with Crippen molar-refractivity contribution in [1.29, 1.82) is 5.26 Å². The Kier molecular flexibility index (Phi) is 2.96. The van der Waals surface area contributed by atoms with Crippen LogP contribution in [0.2, 0.25) is 0 Å². The fourth-order valence-corrected chi connectivity index (χ4v) is 2.29. The van der Waals surface area contributed by atoms with Crippen LogP contribution in [0, 0.1) is 11.3 Å². The summed E-state index contributed by atoms with van der Waals surface area (Å²) in [6.45, 7) is 0. The molecule has 5 heteroatoms. The molecule has 1 aromatic heterocycles. The molecule has 0 spiro atoms. The van der Waals surface area contributed by atoms with Crippen molar-refractivity contribution in [3.8, 4) is 6.07 Å². The summed E-state index contributed by atoms with van der Waals surface area (Å²) in [6, 6.07) is 1.85. The van der Waals surface area contributed by atoms with Crippen LogP contribution < -0.4 is 5.73 Å². The molecule has 0 bridgehead atoms. The van der Waals surface area contributed by atoms with Gasteiger partial charge in [0.15, 0.2) is 0 Å². The number of aromatic carboxylic acids is 1. The number of nitrogens with zero attached hydrogens (tertiary/aromatic N) is 2. The van der Waals surface area contributed by atoms with Gasteiger partial charge in [0.25, 0.3) is 0 Å². The van der Waals surface area contributed by atoms with Crippen LogP contribution in [0.1, 0.15) is 46.4 Å². The molecule has 88 valence electrons. The van der Waals surface area contributed by atoms with E-state index >= 15 is 0 Å². The Labute approximate surface area is 98.9 Å². The number of carboxylic acid groups (broad SMARTS) is 1. The van der Waals surface area contributed by atoms with Gasteiger partial charge in [-0.3, -0.25) is 0 Å². The first-order valence-corrected chi connectivity index (χ1v) is 5.59. The van der Waals surface area contributed by atoms with Gasteiger partial charge in [-0.05, 0) is 31.2 Å². The molecule has 0 atom stereocenters. The summed E-state index contributed by atoms with van der Waals surface area (Å²) in [5.74, 6) is -1.06. The molecule has 0 amide bonds. The van der Waals surface area contributed by atoms with Crippen molar-refractivity contribution in [3.63, 3.8) is 0 Å². The number of nitrogen functional groups attached to an aromatic ring is 1. The molecule has 5 nitrogen and oxygen atoms in total. The van der Waals surface area contributed by atoms with Gasteiger partial charge in [0.2, 0.25) is 0 Å². The Balaban J connectivity index is 2.71. The molecule has 0 radical (unpaired) electrons. The molecule has 1 aliphatic rings. The number of hydrogen-bond acceptors (Lipinski definition) is 4. The number of aromatic nitrogens is 1. The van der Waals surface area contributed by atoms with E-state index in [1.807, 2.05) is 6.07 Å². The highest BCUT2D eigenvalue weighted by molar-refractivity contribution is 5.94. The Hall–Kier alpha value is -2.09. The normalized spacial score (nSPS) is 14.5. The number of pyridine rings is 1. The minimum atomic E-state index is -1.09. The molecule has 0 saturated carbocycles. The van der Waals surface area contributed by atoms with E-state index in [1.165, 1.54) is 0 Å². The van der Waals surface area contributed by atoms with Gasteiger partial charge < -0.3 is 10.8 Å². The zero-order valence-electron chi connectivity index (χ0n) is 9.36. The number of anilines is 1. The molecule has 1 heterocycles. The van der Waals surface area contributed by atoms with E-state index < -0.39 is 5.97 Å². The smallest absolute Gasteiger partial charge is 0.337 e. The van der Waals surface area contributed by atoms with Gasteiger partial charge in [0, 0.05) is 5.69 Å². The Morgan fingerprint density at radius 1 is 1.35 bits per heavy atom. The van der Waals surface area contributed by atoms with Crippen LogP contribution in [0.15, 0.2) is 0 Å². The van der Waals surface area contributed by atoms with Crippen LogP contribution in [-0.4, -0.2) is 16.1 Å².